The van der Waals surface area contributed by atoms with Crippen molar-refractivity contribution >= 4 is 27.7 Å². The molecule has 1 aromatic carbocycles. The fourth-order valence-corrected chi connectivity index (χ4v) is 2.22. The van der Waals surface area contributed by atoms with E-state index in [4.69, 9.17) is 9.47 Å². The normalized spacial score (nSPS) is 11.9. The number of halogens is 2. The van der Waals surface area contributed by atoms with E-state index in [0.717, 1.165) is 6.07 Å². The van der Waals surface area contributed by atoms with Crippen LogP contribution in [0.15, 0.2) is 16.6 Å². The quantitative estimate of drug-likeness (QED) is 0.424. The number of esters is 1. The van der Waals surface area contributed by atoms with Crippen molar-refractivity contribution in [1.29, 1.82) is 0 Å². The molecule has 0 fully saturated rings. The number of rotatable bonds is 7. The first-order valence-electron chi connectivity index (χ1n) is 6.12. The number of carbonyl (C=O) groups excluding carboxylic acids is 2. The van der Waals surface area contributed by atoms with Crippen LogP contribution in [0.4, 0.5) is 4.39 Å². The van der Waals surface area contributed by atoms with Crippen molar-refractivity contribution in [3.63, 3.8) is 0 Å². The lowest BCUT2D eigenvalue weighted by Gasteiger charge is -2.12. The highest BCUT2D eigenvalue weighted by molar-refractivity contribution is 9.10. The van der Waals surface area contributed by atoms with Crippen molar-refractivity contribution in [3.8, 4) is 5.75 Å². The van der Waals surface area contributed by atoms with Gasteiger partial charge in [0.2, 0.25) is 0 Å². The number of Topliss-reactive ketones (excluding diaryl/α,β-unsaturated/α-hetero) is 1. The molecule has 0 aliphatic rings. The van der Waals surface area contributed by atoms with E-state index in [0.29, 0.717) is 4.47 Å². The predicted octanol–water partition coefficient (Wildman–Crippen LogP) is 2.95. The monoisotopic (exact) mass is 362 g/mol. The molecule has 0 N–H and O–H groups in total. The van der Waals surface area contributed by atoms with E-state index in [2.05, 4.69) is 20.7 Å². The van der Waals surface area contributed by atoms with Crippen LogP contribution in [0.1, 0.15) is 23.7 Å². The number of hydrogen-bond acceptors (Lipinski definition) is 5. The van der Waals surface area contributed by atoms with Gasteiger partial charge in [-0.3, -0.25) is 9.59 Å². The summed E-state index contributed by atoms with van der Waals surface area (Å²) in [5.41, 5.74) is 0.153. The first kappa shape index (κ1) is 17.6. The summed E-state index contributed by atoms with van der Waals surface area (Å²) in [6, 6.07) is 2.52. The molecule has 1 atom stereocenters. The Kier molecular flexibility index (Phi) is 6.77. The molecule has 116 valence electrons. The Labute approximate surface area is 130 Å². The molecule has 5 nitrogen and oxygen atoms in total. The minimum absolute atomic E-state index is 0.0333. The van der Waals surface area contributed by atoms with E-state index >= 15 is 0 Å². The maximum absolute atomic E-state index is 13.9. The second-order valence-corrected chi connectivity index (χ2v) is 5.22. The summed E-state index contributed by atoms with van der Waals surface area (Å²) in [6.45, 7) is 1.47. The highest BCUT2D eigenvalue weighted by Gasteiger charge is 2.22. The van der Waals surface area contributed by atoms with E-state index in [-0.39, 0.29) is 30.3 Å². The predicted molar refractivity (Wildman–Crippen MR) is 76.7 cm³/mol. The average molecular weight is 363 g/mol. The van der Waals surface area contributed by atoms with E-state index in [9.17, 15) is 14.0 Å². The zero-order valence-corrected chi connectivity index (χ0v) is 13.5. The van der Waals surface area contributed by atoms with E-state index in [1.807, 2.05) is 0 Å². The van der Waals surface area contributed by atoms with Crippen LogP contribution >= 0.6 is 15.9 Å². The van der Waals surface area contributed by atoms with Gasteiger partial charge in [-0.25, -0.2) is 4.39 Å². The molecule has 0 spiro atoms. The molecule has 1 aromatic rings. The van der Waals surface area contributed by atoms with Crippen LogP contribution in [-0.4, -0.2) is 32.8 Å². The highest BCUT2D eigenvalue weighted by Crippen LogP contribution is 2.30. The lowest BCUT2D eigenvalue weighted by atomic mass is 9.96. The van der Waals surface area contributed by atoms with Crippen LogP contribution in [-0.2, 0) is 14.3 Å². The standard InChI is InChI=1S/C14H16BrFO5/c1-8(4-12(17)20-3)13(18)9-5-10(15)14(11(16)6-9)21-7-19-2/h5-6,8H,4,7H2,1-3H3. The minimum Gasteiger partial charge on any atom is -0.469 e. The Balaban J connectivity index is 2.93. The van der Waals surface area contributed by atoms with Gasteiger partial charge < -0.3 is 14.2 Å². The van der Waals surface area contributed by atoms with Crippen molar-refractivity contribution in [2.24, 2.45) is 5.92 Å². The Morgan fingerprint density at radius 1 is 1.33 bits per heavy atom. The molecule has 0 bridgehead atoms. The molecule has 0 saturated carbocycles. The fourth-order valence-electron chi connectivity index (χ4n) is 1.67. The maximum Gasteiger partial charge on any atom is 0.306 e. The van der Waals surface area contributed by atoms with Crippen molar-refractivity contribution in [3.05, 3.63) is 28.0 Å². The number of carbonyl (C=O) groups is 2. The number of methoxy groups -OCH3 is 2. The van der Waals surface area contributed by atoms with Gasteiger partial charge in [-0.15, -0.1) is 0 Å². The van der Waals surface area contributed by atoms with Gasteiger partial charge in [-0.1, -0.05) is 6.92 Å². The lowest BCUT2D eigenvalue weighted by Crippen LogP contribution is -2.17. The zero-order valence-electron chi connectivity index (χ0n) is 11.9. The van der Waals surface area contributed by atoms with Crippen LogP contribution < -0.4 is 4.74 Å². The van der Waals surface area contributed by atoms with Crippen molar-refractivity contribution in [1.82, 2.24) is 0 Å². The molecule has 1 rings (SSSR count). The molecule has 1 unspecified atom stereocenters. The summed E-state index contributed by atoms with van der Waals surface area (Å²) in [6.07, 6.45) is -0.0590. The average Bonchev–Trinajstić information content (AvgIpc) is 2.45. The molecule has 21 heavy (non-hydrogen) atoms. The molecule has 0 aromatic heterocycles. The van der Waals surface area contributed by atoms with Gasteiger partial charge in [-0.05, 0) is 28.1 Å². The molecule has 0 aliphatic heterocycles. The lowest BCUT2D eigenvalue weighted by molar-refractivity contribution is -0.141. The van der Waals surface area contributed by atoms with Gasteiger partial charge in [0.1, 0.15) is 0 Å². The summed E-state index contributed by atoms with van der Waals surface area (Å²) in [7, 11) is 2.66. The summed E-state index contributed by atoms with van der Waals surface area (Å²) >= 11 is 3.15. The summed E-state index contributed by atoms with van der Waals surface area (Å²) in [5.74, 6) is -2.16. The van der Waals surface area contributed by atoms with Gasteiger partial charge in [-0.2, -0.15) is 0 Å². The number of ketones is 1. The van der Waals surface area contributed by atoms with Crippen molar-refractivity contribution < 1.29 is 28.2 Å². The number of ether oxygens (including phenoxy) is 3. The van der Waals surface area contributed by atoms with Crippen LogP contribution in [0.3, 0.4) is 0 Å². The van der Waals surface area contributed by atoms with E-state index in [1.165, 1.54) is 20.3 Å². The van der Waals surface area contributed by atoms with Crippen LogP contribution in [0.25, 0.3) is 0 Å². The largest absolute Gasteiger partial charge is 0.469 e. The van der Waals surface area contributed by atoms with Gasteiger partial charge >= 0.3 is 5.97 Å². The molecular weight excluding hydrogens is 347 g/mol. The minimum atomic E-state index is -0.685. The van der Waals surface area contributed by atoms with E-state index < -0.39 is 17.7 Å². The highest BCUT2D eigenvalue weighted by atomic mass is 79.9. The first-order chi connectivity index (χ1) is 9.90. The third kappa shape index (κ3) is 4.78. The van der Waals surface area contributed by atoms with Gasteiger partial charge in [0.05, 0.1) is 18.0 Å². The third-order valence-electron chi connectivity index (χ3n) is 2.75. The zero-order chi connectivity index (χ0) is 16.0. The molecular formula is C14H16BrFO5. The first-order valence-corrected chi connectivity index (χ1v) is 6.91. The summed E-state index contributed by atoms with van der Waals surface area (Å²) in [4.78, 5) is 23.3. The molecule has 7 heteroatoms. The number of benzene rings is 1. The van der Waals surface area contributed by atoms with Crippen molar-refractivity contribution in [2.45, 2.75) is 13.3 Å². The Hall–Kier alpha value is -1.47. The number of hydrogen-bond donors (Lipinski definition) is 0. The van der Waals surface area contributed by atoms with Crippen molar-refractivity contribution in [2.75, 3.05) is 21.0 Å². The second kappa shape index (κ2) is 8.09. The van der Waals surface area contributed by atoms with Gasteiger partial charge in [0.15, 0.2) is 24.1 Å². The second-order valence-electron chi connectivity index (χ2n) is 4.37. The topological polar surface area (TPSA) is 61.8 Å². The Morgan fingerprint density at radius 3 is 2.52 bits per heavy atom. The molecule has 0 aliphatic carbocycles. The van der Waals surface area contributed by atoms with Crippen LogP contribution in [0, 0.1) is 11.7 Å². The molecule has 0 saturated heterocycles. The summed E-state index contributed by atoms with van der Waals surface area (Å²) < 4.78 is 28.5. The smallest absolute Gasteiger partial charge is 0.306 e. The molecule has 0 amide bonds. The van der Waals surface area contributed by atoms with Crippen LogP contribution in [0.5, 0.6) is 5.75 Å². The Morgan fingerprint density at radius 2 is 2.00 bits per heavy atom. The van der Waals surface area contributed by atoms with E-state index in [1.54, 1.807) is 6.92 Å². The SMILES string of the molecule is COCOc1c(F)cc(C(=O)C(C)CC(=O)OC)cc1Br. The van der Waals surface area contributed by atoms with Gasteiger partial charge in [0.25, 0.3) is 0 Å². The molecule has 0 radical (unpaired) electrons. The summed E-state index contributed by atoms with van der Waals surface area (Å²) in [5, 5.41) is 0. The van der Waals surface area contributed by atoms with Gasteiger partial charge in [0, 0.05) is 18.6 Å². The third-order valence-corrected chi connectivity index (χ3v) is 3.34. The maximum atomic E-state index is 13.9. The fraction of sp³-hybridized carbons (Fsp3) is 0.429. The Bertz CT molecular complexity index is 509. The van der Waals surface area contributed by atoms with Crippen LogP contribution in [0.2, 0.25) is 0 Å². The molecule has 0 heterocycles.